The number of halogens is 2. The minimum absolute atomic E-state index is 0.0744. The molecule has 0 saturated heterocycles. The summed E-state index contributed by atoms with van der Waals surface area (Å²) >= 11 is 5.70. The van der Waals surface area contributed by atoms with E-state index < -0.39 is 11.8 Å². The largest absolute Gasteiger partial charge is 0.328 e. The van der Waals surface area contributed by atoms with Crippen molar-refractivity contribution in [3.63, 3.8) is 0 Å². The van der Waals surface area contributed by atoms with Gasteiger partial charge in [0.2, 0.25) is 0 Å². The van der Waals surface area contributed by atoms with Crippen molar-refractivity contribution in [3.8, 4) is 0 Å². The molecule has 0 spiro atoms. The highest BCUT2D eigenvalue weighted by Crippen LogP contribution is 2.23. The number of hydrogen-bond donors (Lipinski definition) is 2. The third-order valence-corrected chi connectivity index (χ3v) is 4.33. The maximum Gasteiger partial charge on any atom is 0.328 e. The first-order valence-electron chi connectivity index (χ1n) is 7.47. The second-order valence-corrected chi connectivity index (χ2v) is 6.17. The van der Waals surface area contributed by atoms with Gasteiger partial charge in [0.25, 0.3) is 0 Å². The molecule has 8 heteroatoms. The van der Waals surface area contributed by atoms with E-state index in [4.69, 9.17) is 11.6 Å². The summed E-state index contributed by atoms with van der Waals surface area (Å²) in [5.74, 6) is -0.557. The first-order valence-corrected chi connectivity index (χ1v) is 7.85. The maximum atomic E-state index is 13.2. The average Bonchev–Trinajstić information content (AvgIpc) is 2.76. The molecule has 0 bridgehead atoms. The van der Waals surface area contributed by atoms with Gasteiger partial charge in [-0.15, -0.1) is 0 Å². The van der Waals surface area contributed by atoms with Crippen LogP contribution in [0.25, 0.3) is 11.0 Å². The van der Waals surface area contributed by atoms with Crippen molar-refractivity contribution >= 4 is 40.0 Å². The normalized spacial score (nSPS) is 10.9. The first kappa shape index (κ1) is 17.0. The Balaban J connectivity index is 1.88. The zero-order valence-corrected chi connectivity index (χ0v) is 14.6. The fourth-order valence-electron chi connectivity index (χ4n) is 2.64. The highest BCUT2D eigenvalue weighted by atomic mass is 35.5. The van der Waals surface area contributed by atoms with Crippen LogP contribution in [0.15, 0.2) is 35.1 Å². The van der Waals surface area contributed by atoms with Gasteiger partial charge in [0.1, 0.15) is 5.82 Å². The van der Waals surface area contributed by atoms with E-state index in [2.05, 4.69) is 10.6 Å². The van der Waals surface area contributed by atoms with Crippen LogP contribution in [0.5, 0.6) is 0 Å². The predicted octanol–water partition coefficient (Wildman–Crippen LogP) is 3.62. The van der Waals surface area contributed by atoms with Gasteiger partial charge in [-0.2, -0.15) is 0 Å². The third-order valence-electron chi connectivity index (χ3n) is 4.04. The lowest BCUT2D eigenvalue weighted by atomic mass is 10.1. The van der Waals surface area contributed by atoms with Crippen molar-refractivity contribution in [2.24, 2.45) is 14.1 Å². The lowest BCUT2D eigenvalue weighted by Gasteiger charge is -2.11. The highest BCUT2D eigenvalue weighted by Gasteiger charge is 2.12. The number of anilines is 2. The Kier molecular flexibility index (Phi) is 4.26. The summed E-state index contributed by atoms with van der Waals surface area (Å²) in [6.45, 7) is 1.83. The van der Waals surface area contributed by atoms with Crippen molar-refractivity contribution in [2.75, 3.05) is 10.6 Å². The van der Waals surface area contributed by atoms with Gasteiger partial charge in [0.05, 0.1) is 16.1 Å². The van der Waals surface area contributed by atoms with Crippen molar-refractivity contribution in [3.05, 3.63) is 57.2 Å². The molecule has 2 aromatic carbocycles. The van der Waals surface area contributed by atoms with Crippen molar-refractivity contribution in [1.82, 2.24) is 9.13 Å². The topological polar surface area (TPSA) is 68.1 Å². The Labute approximate surface area is 147 Å². The summed E-state index contributed by atoms with van der Waals surface area (Å²) in [5, 5.41) is 5.25. The molecule has 2 N–H and O–H groups in total. The smallest absolute Gasteiger partial charge is 0.308 e. The van der Waals surface area contributed by atoms with E-state index in [9.17, 15) is 14.0 Å². The van der Waals surface area contributed by atoms with E-state index in [1.54, 1.807) is 24.7 Å². The lowest BCUT2D eigenvalue weighted by Crippen LogP contribution is -2.20. The van der Waals surface area contributed by atoms with Crippen molar-refractivity contribution in [2.45, 2.75) is 6.92 Å². The SMILES string of the molecule is Cc1cc2c(cc1NC(=O)Nc1ccc(F)c(Cl)c1)n(C)c(=O)n2C. The van der Waals surface area contributed by atoms with Crippen molar-refractivity contribution in [1.29, 1.82) is 0 Å². The summed E-state index contributed by atoms with van der Waals surface area (Å²) < 4.78 is 16.2. The number of nitrogens with one attached hydrogen (secondary N) is 2. The number of nitrogens with zero attached hydrogens (tertiary/aromatic N) is 2. The van der Waals surface area contributed by atoms with Gasteiger partial charge < -0.3 is 10.6 Å². The van der Waals surface area contributed by atoms with Gasteiger partial charge in [-0.05, 0) is 42.8 Å². The molecule has 0 fully saturated rings. The van der Waals surface area contributed by atoms with Crippen LogP contribution in [0.2, 0.25) is 5.02 Å². The molecule has 0 aliphatic heterocycles. The Morgan fingerprint density at radius 1 is 1.08 bits per heavy atom. The van der Waals surface area contributed by atoms with Crippen LogP contribution < -0.4 is 16.3 Å². The predicted molar refractivity (Wildman–Crippen MR) is 96.9 cm³/mol. The molecule has 1 heterocycles. The second-order valence-electron chi connectivity index (χ2n) is 5.76. The molecule has 0 aliphatic carbocycles. The molecule has 130 valence electrons. The number of imidazole rings is 1. The van der Waals surface area contributed by atoms with Crippen LogP contribution in [0.1, 0.15) is 5.56 Å². The van der Waals surface area contributed by atoms with Gasteiger partial charge in [-0.25, -0.2) is 14.0 Å². The third kappa shape index (κ3) is 3.10. The number of aryl methyl sites for hydroxylation is 3. The van der Waals surface area contributed by atoms with Crippen LogP contribution in [-0.2, 0) is 14.1 Å². The molecule has 0 atom stereocenters. The van der Waals surface area contributed by atoms with Crippen molar-refractivity contribution < 1.29 is 9.18 Å². The number of hydrogen-bond acceptors (Lipinski definition) is 2. The number of benzene rings is 2. The molecule has 25 heavy (non-hydrogen) atoms. The summed E-state index contributed by atoms with van der Waals surface area (Å²) in [6.07, 6.45) is 0. The minimum Gasteiger partial charge on any atom is -0.308 e. The first-order chi connectivity index (χ1) is 11.8. The van der Waals surface area contributed by atoms with Gasteiger partial charge in [0, 0.05) is 25.5 Å². The average molecular weight is 363 g/mol. The van der Waals surface area contributed by atoms with Gasteiger partial charge >= 0.3 is 11.7 Å². The summed E-state index contributed by atoms with van der Waals surface area (Å²) in [6, 6.07) is 7.00. The molecule has 6 nitrogen and oxygen atoms in total. The molecular weight excluding hydrogens is 347 g/mol. The monoisotopic (exact) mass is 362 g/mol. The standard InChI is InChI=1S/C17H16ClFN4O2/c1-9-6-14-15(23(3)17(25)22(14)2)8-13(9)21-16(24)20-10-4-5-12(19)11(18)7-10/h4-8H,1-3H3,(H2,20,21,24). The number of carbonyl (C=O) groups is 1. The Bertz CT molecular complexity index is 1050. The second kappa shape index (κ2) is 6.25. The van der Waals surface area contributed by atoms with Crippen LogP contribution in [0.4, 0.5) is 20.6 Å². The molecule has 3 rings (SSSR count). The van der Waals surface area contributed by atoms with E-state index in [1.165, 1.54) is 22.8 Å². The number of urea groups is 1. The Morgan fingerprint density at radius 2 is 1.72 bits per heavy atom. The molecule has 0 aliphatic rings. The molecular formula is C17H16ClFN4O2. The molecule has 0 saturated carbocycles. The van der Waals surface area contributed by atoms with Gasteiger partial charge in [-0.1, -0.05) is 11.6 Å². The van der Waals surface area contributed by atoms with E-state index in [0.717, 1.165) is 11.1 Å². The molecule has 1 aromatic heterocycles. The van der Waals surface area contributed by atoms with E-state index in [0.29, 0.717) is 16.9 Å². The van der Waals surface area contributed by atoms with E-state index in [-0.39, 0.29) is 10.7 Å². The zero-order valence-electron chi connectivity index (χ0n) is 13.9. The molecule has 0 unspecified atom stereocenters. The number of rotatable bonds is 2. The minimum atomic E-state index is -0.557. The maximum absolute atomic E-state index is 13.2. The fraction of sp³-hybridized carbons (Fsp3) is 0.176. The summed E-state index contributed by atoms with van der Waals surface area (Å²) in [5.41, 5.74) is 3.09. The Morgan fingerprint density at radius 3 is 2.36 bits per heavy atom. The van der Waals surface area contributed by atoms with E-state index in [1.807, 2.05) is 13.0 Å². The Hall–Kier alpha value is -2.80. The van der Waals surface area contributed by atoms with Crippen LogP contribution in [-0.4, -0.2) is 15.2 Å². The van der Waals surface area contributed by atoms with Gasteiger partial charge in [-0.3, -0.25) is 9.13 Å². The fourth-order valence-corrected chi connectivity index (χ4v) is 2.82. The number of carbonyl (C=O) groups excluding carboxylic acids is 1. The summed E-state index contributed by atoms with van der Waals surface area (Å²) in [4.78, 5) is 24.2. The molecule has 2 amide bonds. The number of fused-ring (bicyclic) bond motifs is 1. The van der Waals surface area contributed by atoms with Gasteiger partial charge in [0.15, 0.2) is 0 Å². The van der Waals surface area contributed by atoms with Crippen LogP contribution >= 0.6 is 11.6 Å². The number of amides is 2. The zero-order chi connectivity index (χ0) is 18.3. The summed E-state index contributed by atoms with van der Waals surface area (Å²) in [7, 11) is 3.37. The molecule has 0 radical (unpaired) electrons. The molecule has 3 aromatic rings. The van der Waals surface area contributed by atoms with Crippen LogP contribution in [0, 0.1) is 12.7 Å². The van der Waals surface area contributed by atoms with Crippen LogP contribution in [0.3, 0.4) is 0 Å². The van der Waals surface area contributed by atoms with E-state index >= 15 is 0 Å². The highest BCUT2D eigenvalue weighted by molar-refractivity contribution is 6.31. The number of aromatic nitrogens is 2. The quantitative estimate of drug-likeness (QED) is 0.731. The lowest BCUT2D eigenvalue weighted by molar-refractivity contribution is 0.262.